The number of ether oxygens (including phenoxy) is 1. The molecule has 0 spiro atoms. The number of hydrogen-bond acceptors (Lipinski definition) is 4. The summed E-state index contributed by atoms with van der Waals surface area (Å²) in [6.07, 6.45) is 2.88. The number of aryl methyl sites for hydroxylation is 1. The Bertz CT molecular complexity index is 1030. The third-order valence-electron chi connectivity index (χ3n) is 4.55. The summed E-state index contributed by atoms with van der Waals surface area (Å²) in [6, 6.07) is 13.4. The van der Waals surface area contributed by atoms with Crippen molar-refractivity contribution in [2.24, 2.45) is 0 Å². The Morgan fingerprint density at radius 2 is 1.93 bits per heavy atom. The topological polar surface area (TPSA) is 61.2 Å². The molecule has 0 N–H and O–H groups in total. The third kappa shape index (κ3) is 4.14. The van der Waals surface area contributed by atoms with Crippen molar-refractivity contribution in [1.29, 1.82) is 0 Å². The summed E-state index contributed by atoms with van der Waals surface area (Å²) >= 11 is 0. The first-order valence-electron chi connectivity index (χ1n) is 8.90. The molecule has 3 rings (SSSR count). The number of carbonyl (C=O) groups excluding carboxylic acids is 2. The van der Waals surface area contributed by atoms with Gasteiger partial charge in [0.1, 0.15) is 0 Å². The van der Waals surface area contributed by atoms with Crippen molar-refractivity contribution in [2.45, 2.75) is 27.3 Å². The highest BCUT2D eigenvalue weighted by Gasteiger charge is 2.16. The number of Topliss-reactive ketones (excluding diaryl/α,β-unsaturated/α-hetero) is 1. The van der Waals surface area contributed by atoms with Gasteiger partial charge in [-0.2, -0.15) is 0 Å². The van der Waals surface area contributed by atoms with E-state index in [1.165, 1.54) is 6.08 Å². The van der Waals surface area contributed by atoms with E-state index >= 15 is 0 Å². The molecule has 0 saturated carbocycles. The van der Waals surface area contributed by atoms with Gasteiger partial charge < -0.3 is 9.30 Å². The van der Waals surface area contributed by atoms with Crippen LogP contribution < -0.4 is 0 Å². The Balaban J connectivity index is 1.61. The Morgan fingerprint density at radius 1 is 1.15 bits per heavy atom. The number of hydrogen-bond donors (Lipinski definition) is 0. The molecule has 0 aliphatic carbocycles. The standard InChI is InChI=1S/C22H22N2O3/c1-4-24-15(2)13-19(16(24)3)21(25)14-27-22(26)12-11-18-10-9-17-7-5-6-8-20(17)23-18/h5-13H,4,14H2,1-3H3/b12-11+. The number of nitrogens with zero attached hydrogens (tertiary/aromatic N) is 2. The second-order valence-corrected chi connectivity index (χ2v) is 6.32. The number of benzene rings is 1. The van der Waals surface area contributed by atoms with Crippen LogP contribution in [0.2, 0.25) is 0 Å². The van der Waals surface area contributed by atoms with Crippen molar-refractivity contribution in [3.8, 4) is 0 Å². The molecule has 0 aliphatic heterocycles. The summed E-state index contributed by atoms with van der Waals surface area (Å²) in [6.45, 7) is 6.41. The van der Waals surface area contributed by atoms with Crippen molar-refractivity contribution in [2.75, 3.05) is 6.61 Å². The minimum absolute atomic E-state index is 0.201. The van der Waals surface area contributed by atoms with E-state index in [0.717, 1.165) is 28.8 Å². The summed E-state index contributed by atoms with van der Waals surface area (Å²) in [4.78, 5) is 28.7. The fourth-order valence-corrected chi connectivity index (χ4v) is 3.16. The van der Waals surface area contributed by atoms with Crippen LogP contribution in [0.5, 0.6) is 0 Å². The van der Waals surface area contributed by atoms with E-state index in [1.807, 2.05) is 63.2 Å². The highest BCUT2D eigenvalue weighted by molar-refractivity contribution is 6.00. The van der Waals surface area contributed by atoms with E-state index in [1.54, 1.807) is 6.08 Å². The van der Waals surface area contributed by atoms with Crippen LogP contribution in [-0.4, -0.2) is 27.9 Å². The third-order valence-corrected chi connectivity index (χ3v) is 4.55. The van der Waals surface area contributed by atoms with Gasteiger partial charge in [-0.05, 0) is 45.0 Å². The maximum Gasteiger partial charge on any atom is 0.331 e. The van der Waals surface area contributed by atoms with Gasteiger partial charge in [0.25, 0.3) is 0 Å². The van der Waals surface area contributed by atoms with Gasteiger partial charge in [0.05, 0.1) is 11.2 Å². The van der Waals surface area contributed by atoms with E-state index in [4.69, 9.17) is 4.74 Å². The lowest BCUT2D eigenvalue weighted by Crippen LogP contribution is -2.13. The van der Waals surface area contributed by atoms with Gasteiger partial charge in [-0.25, -0.2) is 9.78 Å². The van der Waals surface area contributed by atoms with E-state index < -0.39 is 5.97 Å². The number of fused-ring (bicyclic) bond motifs is 1. The van der Waals surface area contributed by atoms with Crippen LogP contribution in [0.4, 0.5) is 0 Å². The van der Waals surface area contributed by atoms with Crippen LogP contribution in [0, 0.1) is 13.8 Å². The zero-order valence-electron chi connectivity index (χ0n) is 15.7. The Labute approximate surface area is 158 Å². The van der Waals surface area contributed by atoms with Crippen molar-refractivity contribution >= 4 is 28.7 Å². The van der Waals surface area contributed by atoms with Crippen LogP contribution in [0.25, 0.3) is 17.0 Å². The number of para-hydroxylation sites is 1. The predicted octanol–water partition coefficient (Wildman–Crippen LogP) is 4.11. The Kier molecular flexibility index (Phi) is 5.50. The molecule has 0 bridgehead atoms. The number of ketones is 1. The van der Waals surface area contributed by atoms with Crippen LogP contribution in [0.3, 0.4) is 0 Å². The van der Waals surface area contributed by atoms with Crippen molar-refractivity contribution in [1.82, 2.24) is 9.55 Å². The molecule has 0 unspecified atom stereocenters. The minimum Gasteiger partial charge on any atom is -0.454 e. The molecule has 2 heterocycles. The van der Waals surface area contributed by atoms with Crippen LogP contribution in [-0.2, 0) is 16.1 Å². The monoisotopic (exact) mass is 362 g/mol. The molecular formula is C22H22N2O3. The maximum atomic E-state index is 12.3. The van der Waals surface area contributed by atoms with Gasteiger partial charge in [0.15, 0.2) is 6.61 Å². The molecule has 0 fully saturated rings. The summed E-state index contributed by atoms with van der Waals surface area (Å²) in [5, 5.41) is 1.03. The molecule has 138 valence electrons. The molecule has 1 aromatic carbocycles. The lowest BCUT2D eigenvalue weighted by atomic mass is 10.1. The molecule has 0 amide bonds. The number of esters is 1. The molecule has 3 aromatic rings. The van der Waals surface area contributed by atoms with Gasteiger partial charge in [-0.1, -0.05) is 24.3 Å². The first kappa shape index (κ1) is 18.6. The first-order chi connectivity index (χ1) is 13.0. The quantitative estimate of drug-likeness (QED) is 0.376. The molecule has 2 aromatic heterocycles. The smallest absolute Gasteiger partial charge is 0.331 e. The van der Waals surface area contributed by atoms with Crippen molar-refractivity contribution in [3.05, 3.63) is 71.2 Å². The summed E-state index contributed by atoms with van der Waals surface area (Å²) < 4.78 is 7.15. The van der Waals surface area contributed by atoms with E-state index in [9.17, 15) is 9.59 Å². The number of carbonyl (C=O) groups is 2. The zero-order valence-corrected chi connectivity index (χ0v) is 15.7. The normalized spacial score (nSPS) is 11.2. The number of rotatable bonds is 6. The van der Waals surface area contributed by atoms with Crippen LogP contribution in [0.1, 0.15) is 34.4 Å². The second-order valence-electron chi connectivity index (χ2n) is 6.32. The minimum atomic E-state index is -0.567. The van der Waals surface area contributed by atoms with E-state index in [0.29, 0.717) is 11.3 Å². The average molecular weight is 362 g/mol. The highest BCUT2D eigenvalue weighted by Crippen LogP contribution is 2.16. The summed E-state index contributed by atoms with van der Waals surface area (Å²) in [5.41, 5.74) is 4.03. The summed E-state index contributed by atoms with van der Waals surface area (Å²) in [7, 11) is 0. The lowest BCUT2D eigenvalue weighted by molar-refractivity contribution is -0.136. The van der Waals surface area contributed by atoms with Gasteiger partial charge in [-0.15, -0.1) is 0 Å². The highest BCUT2D eigenvalue weighted by atomic mass is 16.5. The summed E-state index contributed by atoms with van der Waals surface area (Å²) in [5.74, 6) is -0.768. The molecule has 27 heavy (non-hydrogen) atoms. The van der Waals surface area contributed by atoms with Gasteiger partial charge >= 0.3 is 5.97 Å². The molecule has 0 saturated heterocycles. The molecular weight excluding hydrogens is 340 g/mol. The Hall–Kier alpha value is -3.21. The lowest BCUT2D eigenvalue weighted by Gasteiger charge is -2.05. The maximum absolute atomic E-state index is 12.3. The van der Waals surface area contributed by atoms with Crippen LogP contribution >= 0.6 is 0 Å². The fraction of sp³-hybridized carbons (Fsp3) is 0.227. The molecule has 0 aliphatic rings. The van der Waals surface area contributed by atoms with Gasteiger partial charge in [0.2, 0.25) is 5.78 Å². The second kappa shape index (κ2) is 7.99. The molecule has 0 radical (unpaired) electrons. The van der Waals surface area contributed by atoms with E-state index in [2.05, 4.69) is 9.55 Å². The molecule has 0 atom stereocenters. The average Bonchev–Trinajstić information content (AvgIpc) is 2.97. The van der Waals surface area contributed by atoms with Gasteiger partial charge in [-0.3, -0.25) is 4.79 Å². The van der Waals surface area contributed by atoms with Crippen molar-refractivity contribution < 1.29 is 14.3 Å². The SMILES string of the molecule is CCn1c(C)cc(C(=O)COC(=O)/C=C/c2ccc3ccccc3n2)c1C. The van der Waals surface area contributed by atoms with Crippen LogP contribution in [0.15, 0.2) is 48.5 Å². The predicted molar refractivity (Wildman–Crippen MR) is 106 cm³/mol. The molecule has 5 nitrogen and oxygen atoms in total. The number of aromatic nitrogens is 2. The largest absolute Gasteiger partial charge is 0.454 e. The number of pyridine rings is 1. The molecule has 5 heteroatoms. The fourth-order valence-electron chi connectivity index (χ4n) is 3.16. The zero-order chi connectivity index (χ0) is 19.4. The van der Waals surface area contributed by atoms with Gasteiger partial charge in [0, 0.05) is 35.0 Å². The van der Waals surface area contributed by atoms with Crippen molar-refractivity contribution in [3.63, 3.8) is 0 Å². The van der Waals surface area contributed by atoms with E-state index in [-0.39, 0.29) is 12.4 Å². The Morgan fingerprint density at radius 3 is 2.67 bits per heavy atom. The first-order valence-corrected chi connectivity index (χ1v) is 8.90.